The summed E-state index contributed by atoms with van der Waals surface area (Å²) in [4.78, 5) is 18.6. The van der Waals surface area contributed by atoms with Crippen LogP contribution in [0.2, 0.25) is 0 Å². The molecule has 2 aromatic heterocycles. The van der Waals surface area contributed by atoms with Crippen LogP contribution in [0.1, 0.15) is 39.3 Å². The molecule has 5 nitrogen and oxygen atoms in total. The van der Waals surface area contributed by atoms with E-state index < -0.39 is 0 Å². The van der Waals surface area contributed by atoms with Crippen LogP contribution in [0.25, 0.3) is 0 Å². The van der Waals surface area contributed by atoms with Crippen molar-refractivity contribution in [2.24, 2.45) is 5.92 Å². The molecule has 1 fully saturated rings. The van der Waals surface area contributed by atoms with Gasteiger partial charge in [0, 0.05) is 49.2 Å². The fourth-order valence-electron chi connectivity index (χ4n) is 3.15. The summed E-state index contributed by atoms with van der Waals surface area (Å²) in [6.45, 7) is 9.11. The molecule has 0 bridgehead atoms. The molecule has 1 aliphatic heterocycles. The van der Waals surface area contributed by atoms with Crippen molar-refractivity contribution in [2.45, 2.75) is 45.6 Å². The lowest BCUT2D eigenvalue weighted by atomic mass is 9.92. The first-order valence-electron chi connectivity index (χ1n) is 8.67. The van der Waals surface area contributed by atoms with Crippen LogP contribution in [0, 0.1) is 5.92 Å². The Morgan fingerprint density at radius 1 is 1.08 bits per heavy atom. The van der Waals surface area contributed by atoms with E-state index in [4.69, 9.17) is 0 Å². The average Bonchev–Trinajstić information content (AvgIpc) is 2.57. The summed E-state index contributed by atoms with van der Waals surface area (Å²) in [6, 6.07) is 7.61. The predicted molar refractivity (Wildman–Crippen MR) is 96.4 cm³/mol. The molecule has 0 aromatic carbocycles. The van der Waals surface area contributed by atoms with Gasteiger partial charge in [-0.15, -0.1) is 0 Å². The largest absolute Gasteiger partial charge is 0.371 e. The number of hydrogen-bond donors (Lipinski definition) is 0. The molecule has 0 N–H and O–H groups in total. The smallest absolute Gasteiger partial charge is 0.266 e. The highest BCUT2D eigenvalue weighted by Crippen LogP contribution is 2.24. The van der Waals surface area contributed by atoms with E-state index in [9.17, 15) is 4.79 Å². The highest BCUT2D eigenvalue weighted by molar-refractivity contribution is 5.44. The maximum atomic E-state index is 12.1. The standard InChI is InChI=1S/C19H26N4O/c1-19(2,3)17-4-5-18(24)23(21-17)14-15-8-12-22(13-9-15)16-6-10-20-11-7-16/h4-7,10-11,15H,8-9,12-14H2,1-3H3. The molecule has 0 radical (unpaired) electrons. The van der Waals surface area contributed by atoms with Crippen molar-refractivity contribution in [3.63, 3.8) is 0 Å². The Hall–Kier alpha value is -2.17. The Bertz CT molecular complexity index is 725. The minimum absolute atomic E-state index is 0.000404. The van der Waals surface area contributed by atoms with Crippen LogP contribution in [0.15, 0.2) is 41.5 Å². The van der Waals surface area contributed by atoms with Crippen LogP contribution < -0.4 is 10.5 Å². The van der Waals surface area contributed by atoms with E-state index in [0.29, 0.717) is 12.5 Å². The molecule has 5 heteroatoms. The van der Waals surface area contributed by atoms with Crippen molar-refractivity contribution >= 4 is 5.69 Å². The third kappa shape index (κ3) is 3.83. The Morgan fingerprint density at radius 2 is 1.75 bits per heavy atom. The molecule has 0 unspecified atom stereocenters. The number of anilines is 1. The Balaban J connectivity index is 1.65. The van der Waals surface area contributed by atoms with Crippen LogP contribution in [0.3, 0.4) is 0 Å². The highest BCUT2D eigenvalue weighted by Gasteiger charge is 2.22. The zero-order valence-electron chi connectivity index (χ0n) is 14.8. The van der Waals surface area contributed by atoms with Crippen molar-refractivity contribution in [3.05, 3.63) is 52.7 Å². The van der Waals surface area contributed by atoms with Gasteiger partial charge in [-0.25, -0.2) is 4.68 Å². The molecule has 0 amide bonds. The van der Waals surface area contributed by atoms with E-state index in [0.717, 1.165) is 31.6 Å². The summed E-state index contributed by atoms with van der Waals surface area (Å²) in [5.41, 5.74) is 2.16. The summed E-state index contributed by atoms with van der Waals surface area (Å²) in [5, 5.41) is 4.60. The van der Waals surface area contributed by atoms with Crippen LogP contribution in [-0.2, 0) is 12.0 Å². The quantitative estimate of drug-likeness (QED) is 0.870. The molecule has 3 heterocycles. The summed E-state index contributed by atoms with van der Waals surface area (Å²) in [5.74, 6) is 0.503. The topological polar surface area (TPSA) is 51.0 Å². The SMILES string of the molecule is CC(C)(C)c1ccc(=O)n(CC2CCN(c3ccncc3)CC2)n1. The van der Waals surface area contributed by atoms with Gasteiger partial charge in [-0.1, -0.05) is 20.8 Å². The Kier molecular flexibility index (Phi) is 4.69. The average molecular weight is 326 g/mol. The first-order chi connectivity index (χ1) is 11.4. The first kappa shape index (κ1) is 16.7. The predicted octanol–water partition coefficient (Wildman–Crippen LogP) is 2.85. The van der Waals surface area contributed by atoms with Crippen molar-refractivity contribution in [1.29, 1.82) is 0 Å². The molecule has 1 aliphatic rings. The summed E-state index contributed by atoms with van der Waals surface area (Å²) >= 11 is 0. The van der Waals surface area contributed by atoms with Gasteiger partial charge in [0.1, 0.15) is 0 Å². The molecular weight excluding hydrogens is 300 g/mol. The summed E-state index contributed by atoms with van der Waals surface area (Å²) in [7, 11) is 0. The van der Waals surface area contributed by atoms with Gasteiger partial charge < -0.3 is 4.90 Å². The molecule has 128 valence electrons. The molecule has 2 aromatic rings. The summed E-state index contributed by atoms with van der Waals surface area (Å²) < 4.78 is 1.66. The number of nitrogens with zero attached hydrogens (tertiary/aromatic N) is 4. The fourth-order valence-corrected chi connectivity index (χ4v) is 3.15. The molecule has 0 spiro atoms. The number of hydrogen-bond acceptors (Lipinski definition) is 4. The fraction of sp³-hybridized carbons (Fsp3) is 0.526. The number of rotatable bonds is 3. The van der Waals surface area contributed by atoms with Crippen molar-refractivity contribution in [3.8, 4) is 0 Å². The van der Waals surface area contributed by atoms with Gasteiger partial charge in [0.25, 0.3) is 5.56 Å². The van der Waals surface area contributed by atoms with Gasteiger partial charge in [-0.05, 0) is 37.0 Å². The number of piperidine rings is 1. The maximum Gasteiger partial charge on any atom is 0.266 e. The molecule has 1 saturated heterocycles. The van der Waals surface area contributed by atoms with Crippen molar-refractivity contribution < 1.29 is 0 Å². The van der Waals surface area contributed by atoms with Crippen LogP contribution >= 0.6 is 0 Å². The Labute approximate surface area is 143 Å². The second-order valence-corrected chi connectivity index (χ2v) is 7.62. The minimum Gasteiger partial charge on any atom is -0.371 e. The second-order valence-electron chi connectivity index (χ2n) is 7.62. The van der Waals surface area contributed by atoms with Gasteiger partial charge >= 0.3 is 0 Å². The van der Waals surface area contributed by atoms with Gasteiger partial charge in [0.2, 0.25) is 0 Å². The molecular formula is C19H26N4O. The van der Waals surface area contributed by atoms with Gasteiger partial charge in [-0.3, -0.25) is 9.78 Å². The number of pyridine rings is 1. The minimum atomic E-state index is -0.0415. The maximum absolute atomic E-state index is 12.1. The van der Waals surface area contributed by atoms with Crippen molar-refractivity contribution in [1.82, 2.24) is 14.8 Å². The zero-order chi connectivity index (χ0) is 17.2. The third-order valence-electron chi connectivity index (χ3n) is 4.71. The molecule has 3 rings (SSSR count). The van der Waals surface area contributed by atoms with Gasteiger partial charge in [0.05, 0.1) is 5.69 Å². The lowest BCUT2D eigenvalue weighted by Crippen LogP contribution is -2.37. The zero-order valence-corrected chi connectivity index (χ0v) is 14.8. The van der Waals surface area contributed by atoms with Crippen LogP contribution in [0.4, 0.5) is 5.69 Å². The van der Waals surface area contributed by atoms with E-state index in [1.807, 2.05) is 18.5 Å². The molecule has 0 saturated carbocycles. The monoisotopic (exact) mass is 326 g/mol. The second kappa shape index (κ2) is 6.75. The Morgan fingerprint density at radius 3 is 2.38 bits per heavy atom. The molecule has 0 atom stereocenters. The van der Waals surface area contributed by atoms with E-state index >= 15 is 0 Å². The lowest BCUT2D eigenvalue weighted by Gasteiger charge is -2.33. The lowest BCUT2D eigenvalue weighted by molar-refractivity contribution is 0.330. The number of aromatic nitrogens is 3. The van der Waals surface area contributed by atoms with Crippen LogP contribution in [0.5, 0.6) is 0 Å². The van der Waals surface area contributed by atoms with Crippen molar-refractivity contribution in [2.75, 3.05) is 18.0 Å². The third-order valence-corrected chi connectivity index (χ3v) is 4.71. The van der Waals surface area contributed by atoms with E-state index in [1.54, 1.807) is 10.7 Å². The normalized spacial score (nSPS) is 16.4. The van der Waals surface area contributed by atoms with E-state index in [2.05, 4.69) is 47.9 Å². The van der Waals surface area contributed by atoms with Crippen LogP contribution in [-0.4, -0.2) is 27.9 Å². The highest BCUT2D eigenvalue weighted by atomic mass is 16.1. The van der Waals surface area contributed by atoms with Gasteiger partial charge in [0.15, 0.2) is 0 Å². The summed E-state index contributed by atoms with van der Waals surface area (Å²) in [6.07, 6.45) is 5.83. The van der Waals surface area contributed by atoms with Gasteiger partial charge in [-0.2, -0.15) is 5.10 Å². The van der Waals surface area contributed by atoms with E-state index in [1.165, 1.54) is 5.69 Å². The molecule has 24 heavy (non-hydrogen) atoms. The molecule has 0 aliphatic carbocycles. The van der Waals surface area contributed by atoms with E-state index in [-0.39, 0.29) is 11.0 Å². The first-order valence-corrected chi connectivity index (χ1v) is 8.67.